The predicted octanol–water partition coefficient (Wildman–Crippen LogP) is 2.23. The highest BCUT2D eigenvalue weighted by Crippen LogP contribution is 2.15. The van der Waals surface area contributed by atoms with Crippen LogP contribution in [0.4, 0.5) is 5.69 Å². The first-order valence-electron chi connectivity index (χ1n) is 5.64. The van der Waals surface area contributed by atoms with E-state index in [9.17, 15) is 4.79 Å². The molecule has 0 fully saturated rings. The number of nitrogens with zero attached hydrogens (tertiary/aromatic N) is 1. The topological polar surface area (TPSA) is 78.0 Å². The van der Waals surface area contributed by atoms with Crippen molar-refractivity contribution in [2.45, 2.75) is 19.3 Å². The number of benzene rings is 1. The molecule has 1 aromatic carbocycles. The van der Waals surface area contributed by atoms with Gasteiger partial charge < -0.3 is 15.4 Å². The Labute approximate surface area is 98.9 Å². The summed E-state index contributed by atoms with van der Waals surface area (Å²) in [5.74, 6) is -0.733. The van der Waals surface area contributed by atoms with E-state index in [1.807, 2.05) is 18.2 Å². The maximum Gasteiger partial charge on any atom is 0.303 e. The molecule has 0 aliphatic rings. The number of aromatic amines is 1. The number of imidazole rings is 1. The molecule has 5 heteroatoms. The lowest BCUT2D eigenvalue weighted by molar-refractivity contribution is -0.137. The lowest BCUT2D eigenvalue weighted by atomic mass is 10.2. The molecule has 0 spiro atoms. The average molecular weight is 233 g/mol. The van der Waals surface area contributed by atoms with Crippen molar-refractivity contribution in [3.05, 3.63) is 24.5 Å². The number of nitrogens with one attached hydrogen (secondary N) is 2. The molecule has 0 aliphatic carbocycles. The van der Waals surface area contributed by atoms with Crippen molar-refractivity contribution in [2.75, 3.05) is 11.9 Å². The number of aromatic nitrogens is 2. The molecule has 1 heterocycles. The second-order valence-corrected chi connectivity index (χ2v) is 3.91. The zero-order chi connectivity index (χ0) is 12.1. The molecule has 0 radical (unpaired) electrons. The summed E-state index contributed by atoms with van der Waals surface area (Å²) >= 11 is 0. The van der Waals surface area contributed by atoms with Crippen LogP contribution in [0, 0.1) is 0 Å². The molecule has 5 nitrogen and oxygen atoms in total. The van der Waals surface area contributed by atoms with Gasteiger partial charge in [-0.15, -0.1) is 0 Å². The van der Waals surface area contributed by atoms with Crippen molar-refractivity contribution >= 4 is 22.7 Å². The Morgan fingerprint density at radius 3 is 3.12 bits per heavy atom. The smallest absolute Gasteiger partial charge is 0.303 e. The average Bonchev–Trinajstić information content (AvgIpc) is 2.75. The van der Waals surface area contributed by atoms with E-state index < -0.39 is 5.97 Å². The van der Waals surface area contributed by atoms with Crippen LogP contribution in [-0.4, -0.2) is 27.6 Å². The number of unbranched alkanes of at least 4 members (excludes halogenated alkanes) is 1. The zero-order valence-corrected chi connectivity index (χ0v) is 9.44. The molecule has 2 aromatic rings. The SMILES string of the molecule is O=C(O)CCCCNc1ccc2nc[nH]c2c1. The standard InChI is InChI=1S/C12H15N3O2/c16-12(17)3-1-2-6-13-9-4-5-10-11(7-9)15-8-14-10/h4-5,7-8,13H,1-3,6H2,(H,14,15)(H,16,17). The van der Waals surface area contributed by atoms with Crippen LogP contribution in [-0.2, 0) is 4.79 Å². The van der Waals surface area contributed by atoms with Gasteiger partial charge in [-0.1, -0.05) is 0 Å². The molecule has 90 valence electrons. The number of hydrogen-bond acceptors (Lipinski definition) is 3. The van der Waals surface area contributed by atoms with Gasteiger partial charge in [0.1, 0.15) is 0 Å². The van der Waals surface area contributed by atoms with Crippen LogP contribution in [0.1, 0.15) is 19.3 Å². The summed E-state index contributed by atoms with van der Waals surface area (Å²) in [6, 6.07) is 5.92. The summed E-state index contributed by atoms with van der Waals surface area (Å²) in [6.45, 7) is 0.785. The van der Waals surface area contributed by atoms with Crippen molar-refractivity contribution in [1.82, 2.24) is 9.97 Å². The Hall–Kier alpha value is -2.04. The van der Waals surface area contributed by atoms with Gasteiger partial charge in [0.25, 0.3) is 0 Å². The van der Waals surface area contributed by atoms with Gasteiger partial charge in [-0.25, -0.2) is 4.98 Å². The Bertz CT molecular complexity index is 507. The number of fused-ring (bicyclic) bond motifs is 1. The first-order chi connectivity index (χ1) is 8.25. The van der Waals surface area contributed by atoms with E-state index in [-0.39, 0.29) is 6.42 Å². The molecule has 0 saturated heterocycles. The first-order valence-corrected chi connectivity index (χ1v) is 5.64. The Balaban J connectivity index is 1.80. The van der Waals surface area contributed by atoms with Gasteiger partial charge >= 0.3 is 5.97 Å². The van der Waals surface area contributed by atoms with Gasteiger partial charge in [0, 0.05) is 18.7 Å². The van der Waals surface area contributed by atoms with E-state index in [2.05, 4.69) is 15.3 Å². The highest BCUT2D eigenvalue weighted by atomic mass is 16.4. The fraction of sp³-hybridized carbons (Fsp3) is 0.333. The summed E-state index contributed by atoms with van der Waals surface area (Å²) in [5.41, 5.74) is 2.97. The Morgan fingerprint density at radius 2 is 2.29 bits per heavy atom. The van der Waals surface area contributed by atoms with Crippen molar-refractivity contribution < 1.29 is 9.90 Å². The summed E-state index contributed by atoms with van der Waals surface area (Å²) < 4.78 is 0. The minimum atomic E-state index is -0.733. The molecule has 0 bridgehead atoms. The number of carboxylic acid groups (broad SMARTS) is 1. The molecule has 0 atom stereocenters. The minimum absolute atomic E-state index is 0.237. The van der Waals surface area contributed by atoms with Crippen molar-refractivity contribution in [2.24, 2.45) is 0 Å². The largest absolute Gasteiger partial charge is 0.481 e. The van der Waals surface area contributed by atoms with Gasteiger partial charge in [-0.2, -0.15) is 0 Å². The van der Waals surface area contributed by atoms with Crippen LogP contribution in [0.5, 0.6) is 0 Å². The number of H-pyrrole nitrogens is 1. The molecule has 1 aromatic heterocycles. The molecular formula is C12H15N3O2. The summed E-state index contributed by atoms with van der Waals surface area (Å²) in [7, 11) is 0. The number of carbonyl (C=O) groups is 1. The second-order valence-electron chi connectivity index (χ2n) is 3.91. The van der Waals surface area contributed by atoms with Crippen LogP contribution in [0.15, 0.2) is 24.5 Å². The quantitative estimate of drug-likeness (QED) is 0.668. The predicted molar refractivity (Wildman–Crippen MR) is 66.1 cm³/mol. The van der Waals surface area contributed by atoms with Crippen molar-refractivity contribution in [3.8, 4) is 0 Å². The monoisotopic (exact) mass is 233 g/mol. The van der Waals surface area contributed by atoms with Gasteiger partial charge in [0.15, 0.2) is 0 Å². The lowest BCUT2D eigenvalue weighted by Gasteiger charge is -2.05. The fourth-order valence-electron chi connectivity index (χ4n) is 1.68. The Kier molecular flexibility index (Phi) is 3.59. The lowest BCUT2D eigenvalue weighted by Crippen LogP contribution is -2.03. The maximum atomic E-state index is 10.3. The zero-order valence-electron chi connectivity index (χ0n) is 9.44. The van der Waals surface area contributed by atoms with Crippen LogP contribution in [0.25, 0.3) is 11.0 Å². The summed E-state index contributed by atoms with van der Waals surface area (Å²) in [4.78, 5) is 17.5. The van der Waals surface area contributed by atoms with E-state index >= 15 is 0 Å². The molecule has 0 saturated carbocycles. The van der Waals surface area contributed by atoms with E-state index in [1.54, 1.807) is 6.33 Å². The number of rotatable bonds is 6. The number of aliphatic carboxylic acids is 1. The first kappa shape index (κ1) is 11.4. The van der Waals surface area contributed by atoms with E-state index in [1.165, 1.54) is 0 Å². The second kappa shape index (κ2) is 5.34. The maximum absolute atomic E-state index is 10.3. The van der Waals surface area contributed by atoms with Crippen LogP contribution < -0.4 is 5.32 Å². The van der Waals surface area contributed by atoms with Crippen molar-refractivity contribution in [1.29, 1.82) is 0 Å². The third-order valence-corrected chi connectivity index (χ3v) is 2.57. The van der Waals surface area contributed by atoms with E-state index in [4.69, 9.17) is 5.11 Å². The van der Waals surface area contributed by atoms with Crippen LogP contribution in [0.3, 0.4) is 0 Å². The van der Waals surface area contributed by atoms with Crippen LogP contribution >= 0.6 is 0 Å². The van der Waals surface area contributed by atoms with Gasteiger partial charge in [0.05, 0.1) is 17.4 Å². The number of carboxylic acids is 1. The highest BCUT2D eigenvalue weighted by Gasteiger charge is 1.99. The molecule has 17 heavy (non-hydrogen) atoms. The third-order valence-electron chi connectivity index (χ3n) is 2.57. The fourth-order valence-corrected chi connectivity index (χ4v) is 1.68. The highest BCUT2D eigenvalue weighted by molar-refractivity contribution is 5.78. The summed E-state index contributed by atoms with van der Waals surface area (Å²) in [5, 5.41) is 11.8. The molecule has 0 amide bonds. The van der Waals surface area contributed by atoms with Crippen LogP contribution in [0.2, 0.25) is 0 Å². The molecule has 3 N–H and O–H groups in total. The normalized spacial score (nSPS) is 10.6. The van der Waals surface area contributed by atoms with E-state index in [0.29, 0.717) is 6.42 Å². The summed E-state index contributed by atoms with van der Waals surface area (Å²) in [6.07, 6.45) is 3.46. The van der Waals surface area contributed by atoms with Gasteiger partial charge in [-0.3, -0.25) is 4.79 Å². The molecule has 0 aliphatic heterocycles. The number of hydrogen-bond donors (Lipinski definition) is 3. The molecule has 0 unspecified atom stereocenters. The van der Waals surface area contributed by atoms with Gasteiger partial charge in [0.2, 0.25) is 0 Å². The third kappa shape index (κ3) is 3.21. The van der Waals surface area contributed by atoms with Gasteiger partial charge in [-0.05, 0) is 31.0 Å². The van der Waals surface area contributed by atoms with Crippen molar-refractivity contribution in [3.63, 3.8) is 0 Å². The van der Waals surface area contributed by atoms with E-state index in [0.717, 1.165) is 29.7 Å². The number of anilines is 1. The molecule has 2 rings (SSSR count). The Morgan fingerprint density at radius 1 is 1.41 bits per heavy atom. The minimum Gasteiger partial charge on any atom is -0.481 e. The molecular weight excluding hydrogens is 218 g/mol.